The van der Waals surface area contributed by atoms with Gasteiger partial charge in [0.1, 0.15) is 0 Å². The minimum absolute atomic E-state index is 0.912. The zero-order valence-electron chi connectivity index (χ0n) is 5.88. The Morgan fingerprint density at radius 2 is 1.78 bits per heavy atom. The van der Waals surface area contributed by atoms with E-state index in [1.807, 2.05) is 0 Å². The molecule has 0 aromatic carbocycles. The second-order valence-electron chi connectivity index (χ2n) is 3.33. The van der Waals surface area contributed by atoms with Crippen LogP contribution in [-0.2, 0) is 0 Å². The molecule has 2 aliphatic heterocycles. The summed E-state index contributed by atoms with van der Waals surface area (Å²) in [4.78, 5) is 2.42. The highest BCUT2D eigenvalue weighted by Crippen LogP contribution is 2.25. The van der Waals surface area contributed by atoms with Crippen LogP contribution in [0.4, 0.5) is 0 Å². The van der Waals surface area contributed by atoms with E-state index >= 15 is 0 Å². The van der Waals surface area contributed by atoms with E-state index in [9.17, 15) is 0 Å². The zero-order valence-corrected chi connectivity index (χ0v) is 5.88. The fraction of sp³-hybridized carbons (Fsp3) is 1.00. The summed E-state index contributed by atoms with van der Waals surface area (Å²) in [5.41, 5.74) is 0. The number of hydrogen-bond donors (Lipinski definition) is 0. The topological polar surface area (TPSA) is 17.3 Å². The summed E-state index contributed by atoms with van der Waals surface area (Å²) in [6, 6.07) is 0. The van der Waals surface area contributed by atoms with E-state index in [-0.39, 0.29) is 0 Å². The molecule has 2 rings (SSSR count). The quantitative estimate of drug-likeness (QED) is 0.437. The van der Waals surface area contributed by atoms with Gasteiger partial charge in [-0.25, -0.2) is 5.32 Å². The molecular weight excluding hydrogens is 112 g/mol. The van der Waals surface area contributed by atoms with Crippen molar-refractivity contribution in [1.29, 1.82) is 0 Å². The van der Waals surface area contributed by atoms with Gasteiger partial charge in [-0.2, -0.15) is 0 Å². The molecule has 0 bridgehead atoms. The highest BCUT2D eigenvalue weighted by Gasteiger charge is 2.34. The first-order chi connectivity index (χ1) is 4.36. The van der Waals surface area contributed by atoms with E-state index in [2.05, 4.69) is 17.3 Å². The van der Waals surface area contributed by atoms with Crippen LogP contribution in [-0.4, -0.2) is 38.1 Å². The molecule has 0 unspecified atom stereocenters. The summed E-state index contributed by atoms with van der Waals surface area (Å²) in [7, 11) is 2.21. The van der Waals surface area contributed by atoms with E-state index in [4.69, 9.17) is 0 Å². The van der Waals surface area contributed by atoms with Gasteiger partial charge in [-0.15, -0.1) is 0 Å². The van der Waals surface area contributed by atoms with Crippen LogP contribution >= 0.6 is 0 Å². The van der Waals surface area contributed by atoms with Gasteiger partial charge in [-0.3, -0.25) is 0 Å². The Hall–Kier alpha value is -0.0800. The number of fused-ring (bicyclic) bond motifs is 1. The smallest absolute Gasteiger partial charge is 0.0177 e. The molecule has 2 heteroatoms. The zero-order chi connectivity index (χ0) is 6.27. The number of nitrogens with zero attached hydrogens (tertiary/aromatic N) is 2. The molecule has 0 aromatic rings. The minimum Gasteiger partial charge on any atom is -0.306 e. The van der Waals surface area contributed by atoms with Crippen molar-refractivity contribution in [2.45, 2.75) is 0 Å². The lowest BCUT2D eigenvalue weighted by atomic mass is 10.0. The van der Waals surface area contributed by atoms with E-state index < -0.39 is 0 Å². The Kier molecular flexibility index (Phi) is 1.24. The van der Waals surface area contributed by atoms with Gasteiger partial charge in [0.25, 0.3) is 0 Å². The maximum atomic E-state index is 4.38. The van der Waals surface area contributed by atoms with Crippen molar-refractivity contribution in [1.82, 2.24) is 10.2 Å². The molecule has 0 spiro atoms. The van der Waals surface area contributed by atoms with Crippen LogP contribution in [0.2, 0.25) is 0 Å². The Morgan fingerprint density at radius 3 is 2.33 bits per heavy atom. The second-order valence-corrected chi connectivity index (χ2v) is 3.33. The SMILES string of the molecule is CN1C[C@H]2C[N]C[C@H]2C1. The first kappa shape index (κ1) is 5.69. The largest absolute Gasteiger partial charge is 0.306 e. The molecule has 2 heterocycles. The Balaban J connectivity index is 2.02. The summed E-state index contributed by atoms with van der Waals surface area (Å²) in [5, 5.41) is 4.38. The van der Waals surface area contributed by atoms with E-state index in [1.54, 1.807) is 0 Å². The van der Waals surface area contributed by atoms with Crippen LogP contribution in [0.1, 0.15) is 0 Å². The van der Waals surface area contributed by atoms with Crippen LogP contribution in [0.5, 0.6) is 0 Å². The summed E-state index contributed by atoms with van der Waals surface area (Å²) in [6.45, 7) is 4.84. The molecule has 51 valence electrons. The fourth-order valence-electron chi connectivity index (χ4n) is 1.99. The average molecular weight is 125 g/mol. The van der Waals surface area contributed by atoms with Crippen LogP contribution in [0.15, 0.2) is 0 Å². The number of hydrogen-bond acceptors (Lipinski definition) is 1. The average Bonchev–Trinajstić information content (AvgIpc) is 2.22. The van der Waals surface area contributed by atoms with Crippen LogP contribution < -0.4 is 5.32 Å². The van der Waals surface area contributed by atoms with Gasteiger partial charge in [0.2, 0.25) is 0 Å². The molecule has 2 atom stereocenters. The first-order valence-electron chi connectivity index (χ1n) is 3.68. The van der Waals surface area contributed by atoms with Crippen LogP contribution in [0.3, 0.4) is 0 Å². The molecule has 0 aliphatic carbocycles. The van der Waals surface area contributed by atoms with Crippen molar-refractivity contribution in [2.75, 3.05) is 33.2 Å². The lowest BCUT2D eigenvalue weighted by molar-refractivity contribution is 0.381. The lowest BCUT2D eigenvalue weighted by Crippen LogP contribution is -2.18. The molecule has 0 saturated carbocycles. The maximum Gasteiger partial charge on any atom is 0.0177 e. The van der Waals surface area contributed by atoms with Crippen molar-refractivity contribution in [3.8, 4) is 0 Å². The van der Waals surface area contributed by atoms with E-state index in [0.717, 1.165) is 24.9 Å². The highest BCUT2D eigenvalue weighted by molar-refractivity contribution is 4.89. The van der Waals surface area contributed by atoms with Gasteiger partial charge in [-0.1, -0.05) is 0 Å². The molecule has 2 saturated heterocycles. The van der Waals surface area contributed by atoms with E-state index in [1.165, 1.54) is 13.1 Å². The maximum absolute atomic E-state index is 4.38. The minimum atomic E-state index is 0.912. The van der Waals surface area contributed by atoms with Crippen molar-refractivity contribution in [3.05, 3.63) is 0 Å². The standard InChI is InChI=1S/C7H13N2/c1-9-4-6-2-8-3-7(6)5-9/h6-7H,2-5H2,1H3/t6-,7+. The second kappa shape index (κ2) is 1.96. The molecular formula is C7H13N2. The van der Waals surface area contributed by atoms with E-state index in [0.29, 0.717) is 0 Å². The number of likely N-dealkylation sites (tertiary alicyclic amines) is 1. The van der Waals surface area contributed by atoms with Gasteiger partial charge in [0.05, 0.1) is 0 Å². The van der Waals surface area contributed by atoms with Crippen molar-refractivity contribution < 1.29 is 0 Å². The third-order valence-corrected chi connectivity index (χ3v) is 2.49. The van der Waals surface area contributed by atoms with Crippen molar-refractivity contribution in [3.63, 3.8) is 0 Å². The predicted molar refractivity (Wildman–Crippen MR) is 36.3 cm³/mol. The Bertz CT molecular complexity index is 101. The normalized spacial score (nSPS) is 43.7. The monoisotopic (exact) mass is 125 g/mol. The van der Waals surface area contributed by atoms with Crippen LogP contribution in [0.25, 0.3) is 0 Å². The van der Waals surface area contributed by atoms with Gasteiger partial charge in [0.15, 0.2) is 0 Å². The van der Waals surface area contributed by atoms with Gasteiger partial charge in [0, 0.05) is 26.2 Å². The molecule has 0 amide bonds. The summed E-state index contributed by atoms with van der Waals surface area (Å²) in [5.74, 6) is 1.82. The molecule has 0 N–H and O–H groups in total. The van der Waals surface area contributed by atoms with Crippen LogP contribution in [0, 0.1) is 11.8 Å². The third-order valence-electron chi connectivity index (χ3n) is 2.49. The first-order valence-corrected chi connectivity index (χ1v) is 3.68. The van der Waals surface area contributed by atoms with Gasteiger partial charge >= 0.3 is 0 Å². The van der Waals surface area contributed by atoms with Gasteiger partial charge in [-0.05, 0) is 18.9 Å². The molecule has 2 aliphatic rings. The lowest BCUT2D eigenvalue weighted by Gasteiger charge is -2.06. The molecule has 1 radical (unpaired) electrons. The molecule has 2 fully saturated rings. The predicted octanol–water partition coefficient (Wildman–Crippen LogP) is -0.218. The summed E-state index contributed by atoms with van der Waals surface area (Å²) < 4.78 is 0. The van der Waals surface area contributed by atoms with Crippen molar-refractivity contribution >= 4 is 0 Å². The van der Waals surface area contributed by atoms with Gasteiger partial charge < -0.3 is 4.90 Å². The summed E-state index contributed by atoms with van der Waals surface area (Å²) in [6.07, 6.45) is 0. The highest BCUT2D eigenvalue weighted by atomic mass is 15.2. The van der Waals surface area contributed by atoms with Crippen molar-refractivity contribution in [2.24, 2.45) is 11.8 Å². The Morgan fingerprint density at radius 1 is 1.22 bits per heavy atom. The Labute approximate surface area is 56.2 Å². The fourth-order valence-corrected chi connectivity index (χ4v) is 1.99. The summed E-state index contributed by atoms with van der Waals surface area (Å²) >= 11 is 0. The molecule has 0 aromatic heterocycles. The molecule has 2 nitrogen and oxygen atoms in total. The molecule has 9 heavy (non-hydrogen) atoms. The number of rotatable bonds is 0. The third kappa shape index (κ3) is 0.864.